The molecule has 25 heavy (non-hydrogen) atoms. The third-order valence-corrected chi connectivity index (χ3v) is 3.95. The van der Waals surface area contributed by atoms with Crippen molar-refractivity contribution < 1.29 is 14.0 Å². The van der Waals surface area contributed by atoms with Crippen molar-refractivity contribution in [2.24, 2.45) is 0 Å². The smallest absolute Gasteiger partial charge is 0.226 e. The van der Waals surface area contributed by atoms with E-state index in [1.165, 1.54) is 30.0 Å². The van der Waals surface area contributed by atoms with Crippen molar-refractivity contribution in [2.45, 2.75) is 27.2 Å². The Labute approximate surface area is 151 Å². The molecule has 2 aromatic rings. The Hall–Kier alpha value is -2.40. The first-order chi connectivity index (χ1) is 11.8. The summed E-state index contributed by atoms with van der Waals surface area (Å²) >= 11 is 5.77. The molecule has 2 aromatic carbocycles. The lowest BCUT2D eigenvalue weighted by Crippen LogP contribution is -2.32. The molecule has 0 radical (unpaired) electrons. The molecular formula is C19H20ClFN2O2. The quantitative estimate of drug-likeness (QED) is 0.852. The van der Waals surface area contributed by atoms with Crippen LogP contribution in [0.4, 0.5) is 15.8 Å². The van der Waals surface area contributed by atoms with Gasteiger partial charge >= 0.3 is 0 Å². The highest BCUT2D eigenvalue weighted by molar-refractivity contribution is 6.31. The average Bonchev–Trinajstić information content (AvgIpc) is 2.49. The van der Waals surface area contributed by atoms with Crippen LogP contribution < -0.4 is 10.2 Å². The molecule has 0 spiro atoms. The SMILES string of the molecule is CC(=O)N(CCC(=O)Nc1cc(C)cc(C)c1)c1ccc(F)c(Cl)c1. The second kappa shape index (κ2) is 8.12. The Morgan fingerprint density at radius 1 is 1.12 bits per heavy atom. The zero-order valence-corrected chi connectivity index (χ0v) is 15.2. The van der Waals surface area contributed by atoms with Gasteiger partial charge < -0.3 is 10.2 Å². The van der Waals surface area contributed by atoms with Crippen molar-refractivity contribution in [3.8, 4) is 0 Å². The van der Waals surface area contributed by atoms with E-state index in [9.17, 15) is 14.0 Å². The van der Waals surface area contributed by atoms with E-state index >= 15 is 0 Å². The molecule has 0 saturated heterocycles. The molecule has 0 atom stereocenters. The topological polar surface area (TPSA) is 49.4 Å². The second-order valence-corrected chi connectivity index (χ2v) is 6.35. The summed E-state index contributed by atoms with van der Waals surface area (Å²) in [6, 6.07) is 9.82. The summed E-state index contributed by atoms with van der Waals surface area (Å²) in [6.07, 6.45) is 0.113. The van der Waals surface area contributed by atoms with Crippen LogP contribution in [0.5, 0.6) is 0 Å². The highest BCUT2D eigenvalue weighted by Crippen LogP contribution is 2.23. The highest BCUT2D eigenvalue weighted by Gasteiger charge is 2.15. The Morgan fingerprint density at radius 2 is 1.76 bits per heavy atom. The van der Waals surface area contributed by atoms with Crippen LogP contribution >= 0.6 is 11.6 Å². The Bertz CT molecular complexity index is 788. The molecule has 132 valence electrons. The van der Waals surface area contributed by atoms with Crippen LogP contribution in [0.2, 0.25) is 5.02 Å². The van der Waals surface area contributed by atoms with Gasteiger partial charge in [-0.3, -0.25) is 9.59 Å². The predicted molar refractivity (Wildman–Crippen MR) is 98.6 cm³/mol. The zero-order valence-electron chi connectivity index (χ0n) is 14.4. The minimum absolute atomic E-state index is 0.0663. The number of amides is 2. The number of rotatable bonds is 5. The van der Waals surface area contributed by atoms with E-state index < -0.39 is 5.82 Å². The first-order valence-corrected chi connectivity index (χ1v) is 8.25. The molecule has 0 aliphatic heterocycles. The van der Waals surface area contributed by atoms with E-state index in [2.05, 4.69) is 5.32 Å². The van der Waals surface area contributed by atoms with Gasteiger partial charge in [-0.2, -0.15) is 0 Å². The maximum absolute atomic E-state index is 13.3. The van der Waals surface area contributed by atoms with Crippen LogP contribution in [0.3, 0.4) is 0 Å². The summed E-state index contributed by atoms with van der Waals surface area (Å²) in [5, 5.41) is 2.76. The van der Waals surface area contributed by atoms with Crippen LogP contribution in [0.25, 0.3) is 0 Å². The summed E-state index contributed by atoms with van der Waals surface area (Å²) in [6.45, 7) is 5.48. The van der Waals surface area contributed by atoms with Crippen molar-refractivity contribution in [1.82, 2.24) is 0 Å². The number of carbonyl (C=O) groups is 2. The van der Waals surface area contributed by atoms with Crippen LogP contribution in [0.15, 0.2) is 36.4 Å². The van der Waals surface area contributed by atoms with Crippen LogP contribution in [0, 0.1) is 19.7 Å². The highest BCUT2D eigenvalue weighted by atomic mass is 35.5. The third-order valence-electron chi connectivity index (χ3n) is 3.66. The van der Waals surface area contributed by atoms with Gasteiger partial charge in [0.2, 0.25) is 11.8 Å². The Kier molecular flexibility index (Phi) is 6.15. The summed E-state index contributed by atoms with van der Waals surface area (Å²) in [7, 11) is 0. The van der Waals surface area contributed by atoms with E-state index in [4.69, 9.17) is 11.6 Å². The van der Waals surface area contributed by atoms with Gasteiger partial charge in [-0.05, 0) is 55.3 Å². The molecule has 0 aliphatic rings. The van der Waals surface area contributed by atoms with Crippen LogP contribution in [0.1, 0.15) is 24.5 Å². The van der Waals surface area contributed by atoms with Gasteiger partial charge in [0.25, 0.3) is 0 Å². The normalized spacial score (nSPS) is 10.4. The number of nitrogens with zero attached hydrogens (tertiary/aromatic N) is 1. The van der Waals surface area contributed by atoms with Gasteiger partial charge in [-0.1, -0.05) is 17.7 Å². The van der Waals surface area contributed by atoms with Crippen LogP contribution in [-0.4, -0.2) is 18.4 Å². The van der Waals surface area contributed by atoms with E-state index in [1.54, 1.807) is 0 Å². The fourth-order valence-electron chi connectivity index (χ4n) is 2.60. The molecule has 6 heteroatoms. The molecule has 0 aliphatic carbocycles. The van der Waals surface area contributed by atoms with Crippen molar-refractivity contribution in [1.29, 1.82) is 0 Å². The summed E-state index contributed by atoms with van der Waals surface area (Å²) in [4.78, 5) is 25.4. The van der Waals surface area contributed by atoms with Crippen molar-refractivity contribution >= 4 is 34.8 Å². The maximum Gasteiger partial charge on any atom is 0.226 e. The molecule has 1 N–H and O–H groups in total. The number of halogens is 2. The maximum atomic E-state index is 13.3. The monoisotopic (exact) mass is 362 g/mol. The number of hydrogen-bond acceptors (Lipinski definition) is 2. The van der Waals surface area contributed by atoms with E-state index in [0.29, 0.717) is 5.69 Å². The standard InChI is InChI=1S/C19H20ClFN2O2/c1-12-8-13(2)10-15(9-12)22-19(25)6-7-23(14(3)24)16-4-5-18(21)17(20)11-16/h4-5,8-11H,6-7H2,1-3H3,(H,22,25). The Morgan fingerprint density at radius 3 is 2.32 bits per heavy atom. The molecular weight excluding hydrogens is 343 g/mol. The fourth-order valence-corrected chi connectivity index (χ4v) is 2.78. The first kappa shape index (κ1) is 18.9. The Balaban J connectivity index is 2.04. The molecule has 4 nitrogen and oxygen atoms in total. The summed E-state index contributed by atoms with van der Waals surface area (Å²) in [5.74, 6) is -1.01. The number of aryl methyl sites for hydroxylation is 2. The summed E-state index contributed by atoms with van der Waals surface area (Å²) < 4.78 is 13.3. The third kappa shape index (κ3) is 5.29. The van der Waals surface area contributed by atoms with Gasteiger partial charge in [0, 0.05) is 31.3 Å². The first-order valence-electron chi connectivity index (χ1n) is 7.87. The van der Waals surface area contributed by atoms with Crippen molar-refractivity contribution in [3.63, 3.8) is 0 Å². The lowest BCUT2D eigenvalue weighted by molar-refractivity contribution is -0.117. The van der Waals surface area contributed by atoms with Crippen molar-refractivity contribution in [3.05, 3.63) is 58.4 Å². The number of nitrogens with one attached hydrogen (secondary N) is 1. The van der Waals surface area contributed by atoms with E-state index in [0.717, 1.165) is 16.8 Å². The zero-order chi connectivity index (χ0) is 18.6. The second-order valence-electron chi connectivity index (χ2n) is 5.94. The van der Waals surface area contributed by atoms with Gasteiger partial charge in [0.1, 0.15) is 5.82 Å². The molecule has 2 amide bonds. The van der Waals surface area contributed by atoms with Gasteiger partial charge in [0.15, 0.2) is 0 Å². The number of carbonyl (C=O) groups excluding carboxylic acids is 2. The molecule has 0 aromatic heterocycles. The fraction of sp³-hybridized carbons (Fsp3) is 0.263. The largest absolute Gasteiger partial charge is 0.326 e. The van der Waals surface area contributed by atoms with Gasteiger partial charge in [-0.25, -0.2) is 4.39 Å². The van der Waals surface area contributed by atoms with Gasteiger partial charge in [0.05, 0.1) is 5.02 Å². The molecule has 0 fully saturated rings. The van der Waals surface area contributed by atoms with Crippen molar-refractivity contribution in [2.75, 3.05) is 16.8 Å². The molecule has 0 bridgehead atoms. The predicted octanol–water partition coefficient (Wildman–Crippen LogP) is 4.48. The number of anilines is 2. The molecule has 0 unspecified atom stereocenters. The van der Waals surface area contributed by atoms with Gasteiger partial charge in [-0.15, -0.1) is 0 Å². The lowest BCUT2D eigenvalue weighted by atomic mass is 10.1. The van der Waals surface area contributed by atoms with E-state index in [1.807, 2.05) is 32.0 Å². The molecule has 0 saturated carbocycles. The molecule has 2 rings (SSSR count). The molecule has 0 heterocycles. The average molecular weight is 363 g/mol. The number of benzene rings is 2. The summed E-state index contributed by atoms with van der Waals surface area (Å²) in [5.41, 5.74) is 3.29. The van der Waals surface area contributed by atoms with Crippen LogP contribution in [-0.2, 0) is 9.59 Å². The number of hydrogen-bond donors (Lipinski definition) is 1. The lowest BCUT2D eigenvalue weighted by Gasteiger charge is -2.21. The van der Waals surface area contributed by atoms with E-state index in [-0.39, 0.29) is 29.8 Å². The minimum Gasteiger partial charge on any atom is -0.326 e. The minimum atomic E-state index is -0.554.